The summed E-state index contributed by atoms with van der Waals surface area (Å²) in [6.45, 7) is 4.62. The number of nitrogens with one attached hydrogen (secondary N) is 1. The quantitative estimate of drug-likeness (QED) is 0.614. The normalized spacial score (nSPS) is 10.3. The van der Waals surface area contributed by atoms with Crippen molar-refractivity contribution in [2.24, 2.45) is 5.92 Å². The number of carbonyl (C=O) groups is 1. The molecule has 0 radical (unpaired) electrons. The van der Waals surface area contributed by atoms with E-state index in [2.05, 4.69) is 5.32 Å². The summed E-state index contributed by atoms with van der Waals surface area (Å²) in [5.41, 5.74) is 0.753. The Labute approximate surface area is 95.4 Å². The summed E-state index contributed by atoms with van der Waals surface area (Å²) in [6, 6.07) is 6.30. The average molecular weight is 221 g/mol. The van der Waals surface area contributed by atoms with Crippen molar-refractivity contribution >= 4 is 18.5 Å². The molecule has 0 bridgehead atoms. The van der Waals surface area contributed by atoms with E-state index in [0.717, 1.165) is 0 Å². The summed E-state index contributed by atoms with van der Waals surface area (Å²) in [5, 5.41) is 20.7. The van der Waals surface area contributed by atoms with Crippen LogP contribution >= 0.6 is 0 Å². The minimum atomic E-state index is -1.54. The molecule has 0 spiro atoms. The summed E-state index contributed by atoms with van der Waals surface area (Å²) in [5.74, 6) is 0.187. The van der Waals surface area contributed by atoms with Gasteiger partial charge in [-0.1, -0.05) is 26.0 Å². The Morgan fingerprint density at radius 1 is 1.44 bits per heavy atom. The van der Waals surface area contributed by atoms with Crippen LogP contribution in [0.4, 0.5) is 0 Å². The topological polar surface area (TPSA) is 69.6 Å². The molecule has 1 aromatic rings. The Balaban J connectivity index is 2.72. The van der Waals surface area contributed by atoms with Crippen LogP contribution in [0.2, 0.25) is 0 Å². The molecule has 0 saturated heterocycles. The highest BCUT2D eigenvalue weighted by molar-refractivity contribution is 6.58. The lowest BCUT2D eigenvalue weighted by Gasteiger charge is -2.08. The van der Waals surface area contributed by atoms with Crippen LogP contribution in [-0.2, 0) is 0 Å². The molecule has 3 N–H and O–H groups in total. The van der Waals surface area contributed by atoms with Gasteiger partial charge >= 0.3 is 7.12 Å². The summed E-state index contributed by atoms with van der Waals surface area (Å²) < 4.78 is 0. The Morgan fingerprint density at radius 3 is 2.69 bits per heavy atom. The second kappa shape index (κ2) is 5.68. The molecule has 1 aromatic carbocycles. The van der Waals surface area contributed by atoms with Crippen LogP contribution in [0.3, 0.4) is 0 Å². The molecule has 0 unspecified atom stereocenters. The third kappa shape index (κ3) is 3.68. The zero-order chi connectivity index (χ0) is 12.1. The molecule has 0 fully saturated rings. The highest BCUT2D eigenvalue weighted by atomic mass is 16.4. The van der Waals surface area contributed by atoms with Gasteiger partial charge in [0.05, 0.1) is 0 Å². The number of hydrogen-bond acceptors (Lipinski definition) is 3. The fourth-order valence-electron chi connectivity index (χ4n) is 1.24. The van der Waals surface area contributed by atoms with Gasteiger partial charge in [-0.3, -0.25) is 4.79 Å². The Bertz CT molecular complexity index is 366. The van der Waals surface area contributed by atoms with Gasteiger partial charge in [0, 0.05) is 12.1 Å². The fraction of sp³-hybridized carbons (Fsp3) is 0.364. The van der Waals surface area contributed by atoms with Crippen molar-refractivity contribution in [1.82, 2.24) is 5.32 Å². The number of carbonyl (C=O) groups excluding carboxylic acids is 1. The summed E-state index contributed by atoms with van der Waals surface area (Å²) in [4.78, 5) is 11.6. The number of hydrogen-bond donors (Lipinski definition) is 3. The second-order valence-electron chi connectivity index (χ2n) is 4.10. The van der Waals surface area contributed by atoms with E-state index >= 15 is 0 Å². The van der Waals surface area contributed by atoms with Crippen LogP contribution in [0.15, 0.2) is 24.3 Å². The molecule has 0 aliphatic carbocycles. The first kappa shape index (κ1) is 12.7. The maximum atomic E-state index is 11.6. The molecule has 4 nitrogen and oxygen atoms in total. The first-order chi connectivity index (χ1) is 7.50. The predicted octanol–water partition coefficient (Wildman–Crippen LogP) is -0.248. The van der Waals surface area contributed by atoms with Crippen LogP contribution < -0.4 is 10.8 Å². The van der Waals surface area contributed by atoms with Crippen LogP contribution in [-0.4, -0.2) is 29.6 Å². The highest BCUT2D eigenvalue weighted by Crippen LogP contribution is 1.98. The summed E-state index contributed by atoms with van der Waals surface area (Å²) >= 11 is 0. The van der Waals surface area contributed by atoms with Gasteiger partial charge in [-0.05, 0) is 23.5 Å². The van der Waals surface area contributed by atoms with E-state index < -0.39 is 7.12 Å². The Morgan fingerprint density at radius 2 is 2.12 bits per heavy atom. The van der Waals surface area contributed by atoms with E-state index in [1.54, 1.807) is 18.2 Å². The lowest BCUT2D eigenvalue weighted by atomic mass is 9.79. The van der Waals surface area contributed by atoms with Gasteiger partial charge in [-0.15, -0.1) is 0 Å². The minimum absolute atomic E-state index is 0.198. The van der Waals surface area contributed by atoms with Gasteiger partial charge in [0.1, 0.15) is 0 Å². The van der Waals surface area contributed by atoms with Crippen molar-refractivity contribution in [3.8, 4) is 0 Å². The molecule has 1 rings (SSSR count). The van der Waals surface area contributed by atoms with Crippen LogP contribution in [0.25, 0.3) is 0 Å². The van der Waals surface area contributed by atoms with Crippen molar-refractivity contribution in [2.75, 3.05) is 6.54 Å². The molecular formula is C11H16BNO3. The molecule has 16 heavy (non-hydrogen) atoms. The highest BCUT2D eigenvalue weighted by Gasteiger charge is 2.13. The first-order valence-electron chi connectivity index (χ1n) is 5.25. The number of benzene rings is 1. The van der Waals surface area contributed by atoms with Crippen molar-refractivity contribution < 1.29 is 14.8 Å². The third-order valence-electron chi connectivity index (χ3n) is 2.12. The van der Waals surface area contributed by atoms with Crippen LogP contribution in [0.5, 0.6) is 0 Å². The molecule has 0 aliphatic rings. The van der Waals surface area contributed by atoms with Crippen molar-refractivity contribution in [3.05, 3.63) is 29.8 Å². The molecule has 0 aliphatic heterocycles. The van der Waals surface area contributed by atoms with Gasteiger partial charge < -0.3 is 15.4 Å². The molecule has 5 heteroatoms. The van der Waals surface area contributed by atoms with E-state index in [1.165, 1.54) is 6.07 Å². The predicted molar refractivity (Wildman–Crippen MR) is 63.4 cm³/mol. The van der Waals surface area contributed by atoms with E-state index in [4.69, 9.17) is 10.0 Å². The van der Waals surface area contributed by atoms with E-state index in [-0.39, 0.29) is 5.91 Å². The molecule has 0 atom stereocenters. The third-order valence-corrected chi connectivity index (χ3v) is 2.12. The van der Waals surface area contributed by atoms with E-state index in [0.29, 0.717) is 23.5 Å². The van der Waals surface area contributed by atoms with Gasteiger partial charge in [0.25, 0.3) is 5.91 Å². The molecule has 86 valence electrons. The average Bonchev–Trinajstić information content (AvgIpc) is 2.26. The van der Waals surface area contributed by atoms with Gasteiger partial charge in [0.15, 0.2) is 0 Å². The second-order valence-corrected chi connectivity index (χ2v) is 4.10. The van der Waals surface area contributed by atoms with Gasteiger partial charge in [-0.25, -0.2) is 0 Å². The number of rotatable bonds is 4. The zero-order valence-corrected chi connectivity index (χ0v) is 9.47. The Kier molecular flexibility index (Phi) is 4.52. The van der Waals surface area contributed by atoms with E-state index in [1.807, 2.05) is 13.8 Å². The van der Waals surface area contributed by atoms with E-state index in [9.17, 15) is 4.79 Å². The van der Waals surface area contributed by atoms with Gasteiger partial charge in [-0.2, -0.15) is 0 Å². The zero-order valence-electron chi connectivity index (χ0n) is 9.47. The molecule has 0 aromatic heterocycles. The monoisotopic (exact) mass is 221 g/mol. The lowest BCUT2D eigenvalue weighted by molar-refractivity contribution is 0.0949. The maximum Gasteiger partial charge on any atom is 0.488 e. The smallest absolute Gasteiger partial charge is 0.423 e. The van der Waals surface area contributed by atoms with Crippen molar-refractivity contribution in [2.45, 2.75) is 13.8 Å². The molecular weight excluding hydrogens is 205 g/mol. The SMILES string of the molecule is CC(C)CNC(=O)c1cccc(B(O)O)c1. The lowest BCUT2D eigenvalue weighted by Crippen LogP contribution is -2.32. The molecule has 0 heterocycles. The standard InChI is InChI=1S/C11H16BNO3/c1-8(2)7-13-11(14)9-4-3-5-10(6-9)12(15)16/h3-6,8,15-16H,7H2,1-2H3,(H,13,14). The van der Waals surface area contributed by atoms with Crippen LogP contribution in [0.1, 0.15) is 24.2 Å². The molecule has 0 saturated carbocycles. The van der Waals surface area contributed by atoms with Gasteiger partial charge in [0.2, 0.25) is 0 Å². The van der Waals surface area contributed by atoms with Crippen molar-refractivity contribution in [3.63, 3.8) is 0 Å². The van der Waals surface area contributed by atoms with Crippen molar-refractivity contribution in [1.29, 1.82) is 0 Å². The fourth-order valence-corrected chi connectivity index (χ4v) is 1.24. The first-order valence-corrected chi connectivity index (χ1v) is 5.25. The Hall–Kier alpha value is -1.33. The summed E-state index contributed by atoms with van der Waals surface area (Å²) in [6.07, 6.45) is 0. The summed E-state index contributed by atoms with van der Waals surface area (Å²) in [7, 11) is -1.54. The molecule has 1 amide bonds. The number of amides is 1. The largest absolute Gasteiger partial charge is 0.488 e. The minimum Gasteiger partial charge on any atom is -0.423 e. The van der Waals surface area contributed by atoms with Crippen LogP contribution in [0, 0.1) is 5.92 Å². The maximum absolute atomic E-state index is 11.6.